The van der Waals surface area contributed by atoms with Crippen molar-refractivity contribution in [3.05, 3.63) is 54.0 Å². The molecule has 1 saturated heterocycles. The second kappa shape index (κ2) is 8.78. The third-order valence-electron chi connectivity index (χ3n) is 6.01. The number of furan rings is 1. The Morgan fingerprint density at radius 2 is 1.94 bits per heavy atom. The first kappa shape index (κ1) is 20.2. The lowest BCUT2D eigenvalue weighted by molar-refractivity contribution is -0.117. The quantitative estimate of drug-likeness (QED) is 0.544. The van der Waals surface area contributed by atoms with E-state index in [9.17, 15) is 4.79 Å². The van der Waals surface area contributed by atoms with Gasteiger partial charge in [-0.2, -0.15) is 0 Å². The highest BCUT2D eigenvalue weighted by atomic mass is 32.2. The highest BCUT2D eigenvalue weighted by Crippen LogP contribution is 2.33. The fraction of sp³-hybridized carbons (Fsp3) is 0.435. The smallest absolute Gasteiger partial charge is 0.240 e. The van der Waals surface area contributed by atoms with Gasteiger partial charge < -0.3 is 14.2 Å². The molecule has 1 atom stereocenters. The number of fused-ring (bicyclic) bond motifs is 1. The van der Waals surface area contributed by atoms with Crippen molar-refractivity contribution in [2.75, 3.05) is 29.4 Å². The van der Waals surface area contributed by atoms with Crippen molar-refractivity contribution in [1.82, 2.24) is 14.8 Å². The summed E-state index contributed by atoms with van der Waals surface area (Å²) < 4.78 is 7.69. The number of amides is 1. The molecule has 0 aliphatic carbocycles. The topological polar surface area (TPSA) is 67.4 Å². The Morgan fingerprint density at radius 3 is 2.74 bits per heavy atom. The summed E-state index contributed by atoms with van der Waals surface area (Å²) in [5.74, 6) is 1.83. The summed E-state index contributed by atoms with van der Waals surface area (Å²) in [4.78, 5) is 17.5. The molecule has 0 N–H and O–H groups in total. The first-order valence-electron chi connectivity index (χ1n) is 11.0. The van der Waals surface area contributed by atoms with Crippen molar-refractivity contribution in [2.45, 2.75) is 49.6 Å². The van der Waals surface area contributed by atoms with E-state index in [1.54, 1.807) is 6.26 Å². The molecule has 3 aromatic rings. The summed E-state index contributed by atoms with van der Waals surface area (Å²) >= 11 is 1.48. The normalized spacial score (nSPS) is 17.1. The standard InChI is InChI=1S/C23H27N5O2S/c1-17(21(29)27-14-11-18-8-3-4-10-20(18)27)31-23-25-24-22(26-12-5-2-6-13-26)28(23)16-19-9-7-15-30-19/h3-4,7-10,15,17H,2,5-6,11-14,16H2,1H3. The zero-order valence-electron chi connectivity index (χ0n) is 17.7. The van der Waals surface area contributed by atoms with Crippen LogP contribution in [0.1, 0.15) is 37.5 Å². The zero-order chi connectivity index (χ0) is 21.2. The van der Waals surface area contributed by atoms with Crippen LogP contribution in [0.3, 0.4) is 0 Å². The van der Waals surface area contributed by atoms with Crippen LogP contribution in [0.4, 0.5) is 11.6 Å². The zero-order valence-corrected chi connectivity index (χ0v) is 18.6. The molecule has 7 nitrogen and oxygen atoms in total. The predicted molar refractivity (Wildman–Crippen MR) is 122 cm³/mol. The van der Waals surface area contributed by atoms with E-state index in [0.29, 0.717) is 6.54 Å². The molecule has 0 spiro atoms. The van der Waals surface area contributed by atoms with Gasteiger partial charge >= 0.3 is 0 Å². The number of anilines is 2. The first-order valence-corrected chi connectivity index (χ1v) is 11.8. The third-order valence-corrected chi connectivity index (χ3v) is 7.08. The molecule has 2 aromatic heterocycles. The molecule has 1 fully saturated rings. The third kappa shape index (κ3) is 4.08. The van der Waals surface area contributed by atoms with Crippen LogP contribution in [-0.4, -0.2) is 45.6 Å². The van der Waals surface area contributed by atoms with Gasteiger partial charge in [0, 0.05) is 25.3 Å². The summed E-state index contributed by atoms with van der Waals surface area (Å²) in [6, 6.07) is 12.0. The van der Waals surface area contributed by atoms with Crippen molar-refractivity contribution in [3.63, 3.8) is 0 Å². The highest BCUT2D eigenvalue weighted by molar-refractivity contribution is 8.00. The van der Waals surface area contributed by atoms with Crippen LogP contribution in [0.2, 0.25) is 0 Å². The monoisotopic (exact) mass is 437 g/mol. The van der Waals surface area contributed by atoms with E-state index in [1.807, 2.05) is 42.2 Å². The van der Waals surface area contributed by atoms with Gasteiger partial charge in [0.05, 0.1) is 18.1 Å². The van der Waals surface area contributed by atoms with Crippen LogP contribution >= 0.6 is 11.8 Å². The molecule has 1 unspecified atom stereocenters. The summed E-state index contributed by atoms with van der Waals surface area (Å²) in [7, 11) is 0. The minimum absolute atomic E-state index is 0.113. The molecule has 0 bridgehead atoms. The fourth-order valence-corrected chi connectivity index (χ4v) is 5.29. The number of hydrogen-bond donors (Lipinski definition) is 0. The molecule has 2 aliphatic rings. The van der Waals surface area contributed by atoms with E-state index in [-0.39, 0.29) is 11.2 Å². The molecule has 1 aromatic carbocycles. The average Bonchev–Trinajstić information content (AvgIpc) is 3.55. The number of carbonyl (C=O) groups excluding carboxylic acids is 1. The van der Waals surface area contributed by atoms with Crippen LogP contribution in [0.25, 0.3) is 0 Å². The molecule has 2 aliphatic heterocycles. The van der Waals surface area contributed by atoms with Crippen molar-refractivity contribution < 1.29 is 9.21 Å². The fourth-order valence-electron chi connectivity index (χ4n) is 4.39. The molecule has 0 saturated carbocycles. The Labute approximate surface area is 186 Å². The van der Waals surface area contributed by atoms with E-state index in [2.05, 4.69) is 25.7 Å². The molecule has 8 heteroatoms. The van der Waals surface area contributed by atoms with E-state index < -0.39 is 0 Å². The molecule has 31 heavy (non-hydrogen) atoms. The van der Waals surface area contributed by atoms with Gasteiger partial charge in [-0.05, 0) is 56.4 Å². The molecule has 0 radical (unpaired) electrons. The second-order valence-electron chi connectivity index (χ2n) is 8.12. The van der Waals surface area contributed by atoms with Crippen molar-refractivity contribution >= 4 is 29.3 Å². The number of para-hydroxylation sites is 1. The van der Waals surface area contributed by atoms with Gasteiger partial charge in [0.25, 0.3) is 0 Å². The number of nitrogens with zero attached hydrogens (tertiary/aromatic N) is 5. The molecular weight excluding hydrogens is 410 g/mol. The van der Waals surface area contributed by atoms with Crippen LogP contribution in [0, 0.1) is 0 Å². The van der Waals surface area contributed by atoms with Gasteiger partial charge in [-0.15, -0.1) is 10.2 Å². The van der Waals surface area contributed by atoms with Gasteiger partial charge in [0.15, 0.2) is 5.16 Å². The maximum absolute atomic E-state index is 13.3. The van der Waals surface area contributed by atoms with Crippen LogP contribution in [0.15, 0.2) is 52.2 Å². The van der Waals surface area contributed by atoms with E-state index in [4.69, 9.17) is 4.42 Å². The number of thioether (sulfide) groups is 1. The minimum Gasteiger partial charge on any atom is -0.467 e. The molecule has 4 heterocycles. The number of hydrogen-bond acceptors (Lipinski definition) is 6. The van der Waals surface area contributed by atoms with E-state index in [0.717, 1.165) is 48.6 Å². The van der Waals surface area contributed by atoms with E-state index >= 15 is 0 Å². The molecular formula is C23H27N5O2S. The Morgan fingerprint density at radius 1 is 1.10 bits per heavy atom. The lowest BCUT2D eigenvalue weighted by Gasteiger charge is -2.27. The lowest BCUT2D eigenvalue weighted by atomic mass is 10.1. The van der Waals surface area contributed by atoms with Crippen LogP contribution in [-0.2, 0) is 17.8 Å². The summed E-state index contributed by atoms with van der Waals surface area (Å²) in [5, 5.41) is 9.50. The van der Waals surface area contributed by atoms with Crippen molar-refractivity contribution in [2.24, 2.45) is 0 Å². The molecule has 162 valence electrons. The summed E-state index contributed by atoms with van der Waals surface area (Å²) in [6.07, 6.45) is 6.18. The Balaban J connectivity index is 1.38. The maximum atomic E-state index is 13.3. The van der Waals surface area contributed by atoms with Crippen molar-refractivity contribution in [1.29, 1.82) is 0 Å². The van der Waals surface area contributed by atoms with Gasteiger partial charge in [-0.25, -0.2) is 0 Å². The first-order chi connectivity index (χ1) is 15.2. The Bertz CT molecular complexity index is 1040. The number of aromatic nitrogens is 3. The predicted octanol–water partition coefficient (Wildman–Crippen LogP) is 3.98. The summed E-state index contributed by atoms with van der Waals surface area (Å²) in [6.45, 7) is 5.23. The van der Waals surface area contributed by atoms with Gasteiger partial charge in [0.1, 0.15) is 5.76 Å². The molecule has 1 amide bonds. The second-order valence-corrected chi connectivity index (χ2v) is 9.43. The average molecular weight is 438 g/mol. The van der Waals surface area contributed by atoms with Gasteiger partial charge in [-0.1, -0.05) is 30.0 Å². The number of carbonyl (C=O) groups is 1. The van der Waals surface area contributed by atoms with Crippen LogP contribution < -0.4 is 9.80 Å². The SMILES string of the molecule is CC(Sc1nnc(N2CCCCC2)n1Cc1ccco1)C(=O)N1CCc2ccccc21. The van der Waals surface area contributed by atoms with Crippen molar-refractivity contribution in [3.8, 4) is 0 Å². The Hall–Kier alpha value is -2.74. The minimum atomic E-state index is -0.264. The largest absolute Gasteiger partial charge is 0.467 e. The maximum Gasteiger partial charge on any atom is 0.240 e. The number of benzene rings is 1. The highest BCUT2D eigenvalue weighted by Gasteiger charge is 2.30. The van der Waals surface area contributed by atoms with E-state index in [1.165, 1.54) is 36.6 Å². The van der Waals surface area contributed by atoms with Crippen LogP contribution in [0.5, 0.6) is 0 Å². The number of piperidine rings is 1. The lowest BCUT2D eigenvalue weighted by Crippen LogP contribution is -2.35. The molecule has 5 rings (SSSR count). The van der Waals surface area contributed by atoms with Gasteiger partial charge in [-0.3, -0.25) is 9.36 Å². The Kier molecular flexibility index (Phi) is 5.72. The van der Waals surface area contributed by atoms with Gasteiger partial charge in [0.2, 0.25) is 11.9 Å². The number of rotatable bonds is 6. The summed E-state index contributed by atoms with van der Waals surface area (Å²) in [5.41, 5.74) is 2.27.